The first-order valence-corrected chi connectivity index (χ1v) is 5.86. The molecule has 2 nitrogen and oxygen atoms in total. The molecule has 0 fully saturated rings. The Balaban J connectivity index is 2.39. The van der Waals surface area contributed by atoms with Gasteiger partial charge in [-0.2, -0.15) is 0 Å². The van der Waals surface area contributed by atoms with Crippen LogP contribution in [0.5, 0.6) is 0 Å². The van der Waals surface area contributed by atoms with Gasteiger partial charge in [0.15, 0.2) is 0 Å². The average molecular weight is 236 g/mol. The summed E-state index contributed by atoms with van der Waals surface area (Å²) < 4.78 is 13.0. The highest BCUT2D eigenvalue weighted by atomic mass is 32.1. The van der Waals surface area contributed by atoms with Crippen LogP contribution in [0.3, 0.4) is 0 Å². The normalized spacial score (nSPS) is 11.8. The maximum absolute atomic E-state index is 13.0. The van der Waals surface area contributed by atoms with E-state index in [0.29, 0.717) is 0 Å². The molecule has 2 aromatic rings. The molecule has 2 aromatic heterocycles. The first kappa shape index (κ1) is 11.2. The van der Waals surface area contributed by atoms with Gasteiger partial charge in [-0.15, -0.1) is 11.3 Å². The van der Waals surface area contributed by atoms with Crippen molar-refractivity contribution in [3.8, 4) is 10.6 Å². The first-order chi connectivity index (χ1) is 7.47. The predicted molar refractivity (Wildman–Crippen MR) is 64.0 cm³/mol. The summed E-state index contributed by atoms with van der Waals surface area (Å²) in [7, 11) is 0. The van der Waals surface area contributed by atoms with Crippen molar-refractivity contribution in [2.75, 3.05) is 0 Å². The van der Waals surface area contributed by atoms with Crippen molar-refractivity contribution in [3.05, 3.63) is 35.4 Å². The molecular formula is C12H13FN2S. The number of hydrogen-bond acceptors (Lipinski definition) is 3. The largest absolute Gasteiger partial charge is 0.261 e. The maximum Gasteiger partial charge on any atom is 0.142 e. The van der Waals surface area contributed by atoms with E-state index in [1.165, 1.54) is 17.1 Å². The van der Waals surface area contributed by atoms with Crippen LogP contribution in [0.15, 0.2) is 24.7 Å². The standard InChI is InChI=1S/C12H13FN2S/c1-12(2,3)10-7-15-11(16-10)8-4-9(13)6-14-5-8/h4-7H,1-3H3. The van der Waals surface area contributed by atoms with Crippen LogP contribution < -0.4 is 0 Å². The van der Waals surface area contributed by atoms with E-state index in [2.05, 4.69) is 30.7 Å². The minimum Gasteiger partial charge on any atom is -0.261 e. The van der Waals surface area contributed by atoms with Crippen LogP contribution in [-0.2, 0) is 5.41 Å². The number of pyridine rings is 1. The van der Waals surface area contributed by atoms with Gasteiger partial charge in [0.2, 0.25) is 0 Å². The zero-order chi connectivity index (χ0) is 11.8. The van der Waals surface area contributed by atoms with Crippen LogP contribution in [-0.4, -0.2) is 9.97 Å². The van der Waals surface area contributed by atoms with Gasteiger partial charge in [-0.05, 0) is 11.5 Å². The monoisotopic (exact) mass is 236 g/mol. The van der Waals surface area contributed by atoms with Gasteiger partial charge in [0.05, 0.1) is 6.20 Å². The lowest BCUT2D eigenvalue weighted by Crippen LogP contribution is -2.07. The highest BCUT2D eigenvalue weighted by molar-refractivity contribution is 7.15. The topological polar surface area (TPSA) is 25.8 Å². The molecule has 84 valence electrons. The molecule has 0 spiro atoms. The molecule has 0 atom stereocenters. The Hall–Kier alpha value is -1.29. The number of aromatic nitrogens is 2. The van der Waals surface area contributed by atoms with Gasteiger partial charge in [0, 0.05) is 22.8 Å². The van der Waals surface area contributed by atoms with Gasteiger partial charge in [-0.1, -0.05) is 20.8 Å². The highest BCUT2D eigenvalue weighted by Crippen LogP contribution is 2.32. The zero-order valence-corrected chi connectivity index (χ0v) is 10.3. The molecule has 0 bridgehead atoms. The van der Waals surface area contributed by atoms with Crippen molar-refractivity contribution in [3.63, 3.8) is 0 Å². The summed E-state index contributed by atoms with van der Waals surface area (Å²) in [4.78, 5) is 9.32. The predicted octanol–water partition coefficient (Wildman–Crippen LogP) is 3.64. The van der Waals surface area contributed by atoms with E-state index in [1.54, 1.807) is 17.5 Å². The van der Waals surface area contributed by atoms with Crippen LogP contribution in [0.4, 0.5) is 4.39 Å². The summed E-state index contributed by atoms with van der Waals surface area (Å²) in [6, 6.07) is 1.46. The molecule has 0 aliphatic rings. The van der Waals surface area contributed by atoms with Crippen LogP contribution in [0.2, 0.25) is 0 Å². The minimum atomic E-state index is -0.329. The molecule has 0 aliphatic carbocycles. The summed E-state index contributed by atoms with van der Waals surface area (Å²) in [6.07, 6.45) is 4.68. The smallest absolute Gasteiger partial charge is 0.142 e. The summed E-state index contributed by atoms with van der Waals surface area (Å²) in [5.41, 5.74) is 0.817. The van der Waals surface area contributed by atoms with E-state index in [1.807, 2.05) is 6.20 Å². The van der Waals surface area contributed by atoms with Crippen molar-refractivity contribution in [2.45, 2.75) is 26.2 Å². The van der Waals surface area contributed by atoms with Crippen LogP contribution in [0, 0.1) is 5.82 Å². The number of hydrogen-bond donors (Lipinski definition) is 0. The molecule has 4 heteroatoms. The van der Waals surface area contributed by atoms with Crippen LogP contribution >= 0.6 is 11.3 Å². The lowest BCUT2D eigenvalue weighted by atomic mass is 9.96. The molecule has 0 aliphatic heterocycles. The van der Waals surface area contributed by atoms with E-state index in [0.717, 1.165) is 10.6 Å². The van der Waals surface area contributed by atoms with Crippen molar-refractivity contribution >= 4 is 11.3 Å². The van der Waals surface area contributed by atoms with E-state index < -0.39 is 0 Å². The Morgan fingerprint density at radius 2 is 1.94 bits per heavy atom. The Labute approximate surface area is 98.2 Å². The van der Waals surface area contributed by atoms with Gasteiger partial charge < -0.3 is 0 Å². The summed E-state index contributed by atoms with van der Waals surface area (Å²) >= 11 is 1.58. The third-order valence-electron chi connectivity index (χ3n) is 2.20. The second-order valence-corrected chi connectivity index (χ2v) is 5.70. The molecular weight excluding hydrogens is 223 g/mol. The van der Waals surface area contributed by atoms with Gasteiger partial charge in [-0.25, -0.2) is 9.37 Å². The molecule has 2 rings (SSSR count). The Morgan fingerprint density at radius 3 is 2.50 bits per heavy atom. The second-order valence-electron chi connectivity index (χ2n) is 4.67. The number of nitrogens with zero attached hydrogens (tertiary/aromatic N) is 2. The average Bonchev–Trinajstić information content (AvgIpc) is 2.65. The van der Waals surface area contributed by atoms with E-state index in [-0.39, 0.29) is 11.2 Å². The zero-order valence-electron chi connectivity index (χ0n) is 9.49. The third kappa shape index (κ3) is 2.27. The molecule has 2 heterocycles. The van der Waals surface area contributed by atoms with Crippen LogP contribution in [0.1, 0.15) is 25.6 Å². The van der Waals surface area contributed by atoms with Gasteiger partial charge in [0.25, 0.3) is 0 Å². The molecule has 0 saturated heterocycles. The fourth-order valence-electron chi connectivity index (χ4n) is 1.28. The second kappa shape index (κ2) is 3.94. The Bertz CT molecular complexity index is 500. The number of halogens is 1. The molecule has 0 radical (unpaired) electrons. The fraction of sp³-hybridized carbons (Fsp3) is 0.333. The van der Waals surface area contributed by atoms with Gasteiger partial charge in [0.1, 0.15) is 10.8 Å². The Morgan fingerprint density at radius 1 is 1.19 bits per heavy atom. The number of rotatable bonds is 1. The maximum atomic E-state index is 13.0. The third-order valence-corrected chi connectivity index (χ3v) is 3.67. The molecule has 0 unspecified atom stereocenters. The Kier molecular flexibility index (Phi) is 2.76. The summed E-state index contributed by atoms with van der Waals surface area (Å²) in [5, 5.41) is 0.817. The lowest BCUT2D eigenvalue weighted by Gasteiger charge is -2.14. The SMILES string of the molecule is CC(C)(C)c1cnc(-c2cncc(F)c2)s1. The minimum absolute atomic E-state index is 0.0800. The molecule has 0 amide bonds. The van der Waals surface area contributed by atoms with Crippen molar-refractivity contribution < 1.29 is 4.39 Å². The number of thiazole rings is 1. The highest BCUT2D eigenvalue weighted by Gasteiger charge is 2.17. The van der Waals surface area contributed by atoms with Crippen molar-refractivity contribution in [1.29, 1.82) is 0 Å². The molecule has 16 heavy (non-hydrogen) atoms. The van der Waals surface area contributed by atoms with Gasteiger partial charge in [-0.3, -0.25) is 4.98 Å². The van der Waals surface area contributed by atoms with Gasteiger partial charge >= 0.3 is 0 Å². The van der Waals surface area contributed by atoms with Crippen molar-refractivity contribution in [2.24, 2.45) is 0 Å². The van der Waals surface area contributed by atoms with Crippen molar-refractivity contribution in [1.82, 2.24) is 9.97 Å². The van der Waals surface area contributed by atoms with E-state index in [9.17, 15) is 4.39 Å². The van der Waals surface area contributed by atoms with E-state index in [4.69, 9.17) is 0 Å². The first-order valence-electron chi connectivity index (χ1n) is 5.04. The fourth-order valence-corrected chi connectivity index (χ4v) is 2.24. The van der Waals surface area contributed by atoms with E-state index >= 15 is 0 Å². The summed E-state index contributed by atoms with van der Waals surface area (Å²) in [6.45, 7) is 6.40. The molecule has 0 saturated carbocycles. The molecule has 0 N–H and O–H groups in total. The quantitative estimate of drug-likeness (QED) is 0.755. The van der Waals surface area contributed by atoms with Crippen LogP contribution in [0.25, 0.3) is 10.6 Å². The summed E-state index contributed by atoms with van der Waals surface area (Å²) in [5.74, 6) is -0.329. The lowest BCUT2D eigenvalue weighted by molar-refractivity contribution is 0.602. The molecule has 0 aromatic carbocycles.